The summed E-state index contributed by atoms with van der Waals surface area (Å²) >= 11 is 9.26. The van der Waals surface area contributed by atoms with Gasteiger partial charge >= 0.3 is 0 Å². The zero-order valence-corrected chi connectivity index (χ0v) is 16.8. The molecule has 3 aromatic rings. The number of carbonyl (C=O) groups excluding carboxylic acids is 1. The number of phenolic OH excluding ortho intramolecular Hbond substituents is 1. The fraction of sp³-hybridized carbons (Fsp3) is 0.0476. The van der Waals surface area contributed by atoms with Crippen LogP contribution in [0, 0.1) is 6.92 Å². The standard InChI is InChI=1S/C21H16BrClN2O2/c1-13-9-17(24-12-15-10-16(23)11-18(22)20(15)26)7-8-19(13)25-21(27)14-5-3-2-4-6-14/h2-12,26H,1H3,(H,25,27). The van der Waals surface area contributed by atoms with E-state index in [9.17, 15) is 9.90 Å². The molecule has 0 radical (unpaired) electrons. The number of hydrogen-bond acceptors (Lipinski definition) is 3. The number of phenols is 1. The summed E-state index contributed by atoms with van der Waals surface area (Å²) in [6, 6.07) is 17.7. The second kappa shape index (κ2) is 8.37. The number of carbonyl (C=O) groups is 1. The van der Waals surface area contributed by atoms with Gasteiger partial charge in [-0.15, -0.1) is 0 Å². The maximum atomic E-state index is 12.3. The minimum absolute atomic E-state index is 0.0756. The number of rotatable bonds is 4. The second-order valence-electron chi connectivity index (χ2n) is 5.90. The van der Waals surface area contributed by atoms with Crippen molar-refractivity contribution in [3.8, 4) is 5.75 Å². The number of halogens is 2. The summed E-state index contributed by atoms with van der Waals surface area (Å²) in [4.78, 5) is 16.7. The van der Waals surface area contributed by atoms with E-state index >= 15 is 0 Å². The maximum absolute atomic E-state index is 12.3. The Morgan fingerprint density at radius 2 is 1.89 bits per heavy atom. The normalized spacial score (nSPS) is 10.9. The van der Waals surface area contributed by atoms with Gasteiger partial charge in [-0.1, -0.05) is 29.8 Å². The summed E-state index contributed by atoms with van der Waals surface area (Å²) < 4.78 is 0.506. The smallest absolute Gasteiger partial charge is 0.255 e. The summed E-state index contributed by atoms with van der Waals surface area (Å²) in [5.41, 5.74) is 3.40. The van der Waals surface area contributed by atoms with Crippen LogP contribution in [0.1, 0.15) is 21.5 Å². The van der Waals surface area contributed by atoms with E-state index in [1.807, 2.05) is 31.2 Å². The molecule has 2 N–H and O–H groups in total. The van der Waals surface area contributed by atoms with E-state index in [4.69, 9.17) is 11.6 Å². The number of aliphatic imine (C=N–C) groups is 1. The van der Waals surface area contributed by atoms with Crippen LogP contribution in [0.2, 0.25) is 5.02 Å². The van der Waals surface area contributed by atoms with Crippen LogP contribution in [0.5, 0.6) is 5.75 Å². The molecule has 136 valence electrons. The third-order valence-electron chi connectivity index (χ3n) is 3.90. The SMILES string of the molecule is Cc1cc(N=Cc2cc(Cl)cc(Br)c2O)ccc1NC(=O)c1ccccc1. The van der Waals surface area contributed by atoms with Crippen molar-refractivity contribution in [3.63, 3.8) is 0 Å². The first kappa shape index (κ1) is 19.1. The Hall–Kier alpha value is -2.63. The van der Waals surface area contributed by atoms with Gasteiger partial charge in [-0.2, -0.15) is 0 Å². The fourth-order valence-electron chi connectivity index (χ4n) is 2.48. The number of benzene rings is 3. The lowest BCUT2D eigenvalue weighted by Crippen LogP contribution is -2.12. The van der Waals surface area contributed by atoms with Crippen LogP contribution in [-0.4, -0.2) is 17.2 Å². The molecule has 0 aromatic heterocycles. The lowest BCUT2D eigenvalue weighted by molar-refractivity contribution is 0.102. The molecule has 0 spiro atoms. The quantitative estimate of drug-likeness (QED) is 0.477. The number of nitrogens with zero attached hydrogens (tertiary/aromatic N) is 1. The lowest BCUT2D eigenvalue weighted by Gasteiger charge is -2.09. The molecule has 0 aliphatic rings. The Kier molecular flexibility index (Phi) is 5.94. The number of aryl methyl sites for hydroxylation is 1. The first-order valence-corrected chi connectivity index (χ1v) is 9.30. The van der Waals surface area contributed by atoms with E-state index in [0.29, 0.717) is 26.3 Å². The van der Waals surface area contributed by atoms with E-state index in [2.05, 4.69) is 26.2 Å². The number of nitrogens with one attached hydrogen (secondary N) is 1. The van der Waals surface area contributed by atoms with Crippen LogP contribution in [0.25, 0.3) is 0 Å². The average Bonchev–Trinajstić information content (AvgIpc) is 2.66. The summed E-state index contributed by atoms with van der Waals surface area (Å²) in [5.74, 6) is -0.0877. The molecule has 27 heavy (non-hydrogen) atoms. The van der Waals surface area contributed by atoms with Gasteiger partial charge in [0.1, 0.15) is 5.75 Å². The fourth-order valence-corrected chi connectivity index (χ4v) is 3.31. The van der Waals surface area contributed by atoms with E-state index in [1.54, 1.807) is 42.6 Å². The highest BCUT2D eigenvalue weighted by Crippen LogP contribution is 2.31. The molecule has 6 heteroatoms. The van der Waals surface area contributed by atoms with Crippen LogP contribution < -0.4 is 5.32 Å². The Bertz CT molecular complexity index is 1020. The highest BCUT2D eigenvalue weighted by atomic mass is 79.9. The number of hydrogen-bond donors (Lipinski definition) is 2. The summed E-state index contributed by atoms with van der Waals surface area (Å²) in [5, 5.41) is 13.5. The monoisotopic (exact) mass is 442 g/mol. The molecule has 0 atom stereocenters. The van der Waals surface area contributed by atoms with Crippen LogP contribution >= 0.6 is 27.5 Å². The number of amides is 1. The zero-order valence-electron chi connectivity index (χ0n) is 14.4. The third-order valence-corrected chi connectivity index (χ3v) is 4.73. The highest BCUT2D eigenvalue weighted by Gasteiger charge is 2.08. The van der Waals surface area contributed by atoms with Crippen molar-refractivity contribution < 1.29 is 9.90 Å². The van der Waals surface area contributed by atoms with Crippen molar-refractivity contribution >= 4 is 51.0 Å². The molecule has 4 nitrogen and oxygen atoms in total. The minimum atomic E-state index is -0.163. The Balaban J connectivity index is 1.78. The van der Waals surface area contributed by atoms with Gasteiger partial charge in [0.05, 0.1) is 10.2 Å². The summed E-state index contributed by atoms with van der Waals surface area (Å²) in [7, 11) is 0. The zero-order chi connectivity index (χ0) is 19.4. The second-order valence-corrected chi connectivity index (χ2v) is 7.19. The molecule has 0 bridgehead atoms. The lowest BCUT2D eigenvalue weighted by atomic mass is 10.1. The minimum Gasteiger partial charge on any atom is -0.506 e. The van der Waals surface area contributed by atoms with Crippen molar-refractivity contribution in [2.45, 2.75) is 6.92 Å². The molecule has 0 aliphatic carbocycles. The van der Waals surface area contributed by atoms with Crippen LogP contribution in [-0.2, 0) is 0 Å². The highest BCUT2D eigenvalue weighted by molar-refractivity contribution is 9.10. The molecular formula is C21H16BrClN2O2. The Labute approximate surface area is 170 Å². The summed E-state index contributed by atoms with van der Waals surface area (Å²) in [6.45, 7) is 1.90. The van der Waals surface area contributed by atoms with Crippen molar-refractivity contribution in [1.29, 1.82) is 0 Å². The first-order chi connectivity index (χ1) is 12.9. The Morgan fingerprint density at radius 3 is 2.59 bits per heavy atom. The van der Waals surface area contributed by atoms with Crippen molar-refractivity contribution in [3.05, 3.63) is 86.8 Å². The van der Waals surface area contributed by atoms with E-state index in [0.717, 1.165) is 11.3 Å². The van der Waals surface area contributed by atoms with Gasteiger partial charge in [0.15, 0.2) is 0 Å². The third kappa shape index (κ3) is 4.76. The van der Waals surface area contributed by atoms with Crippen LogP contribution in [0.4, 0.5) is 11.4 Å². The van der Waals surface area contributed by atoms with Gasteiger partial charge < -0.3 is 10.4 Å². The topological polar surface area (TPSA) is 61.7 Å². The maximum Gasteiger partial charge on any atom is 0.255 e. The molecule has 3 rings (SSSR count). The molecule has 0 heterocycles. The van der Waals surface area contributed by atoms with Gasteiger partial charge in [-0.25, -0.2) is 0 Å². The Morgan fingerprint density at radius 1 is 1.15 bits per heavy atom. The molecule has 3 aromatic carbocycles. The van der Waals surface area contributed by atoms with E-state index in [-0.39, 0.29) is 11.7 Å². The molecule has 0 saturated heterocycles. The van der Waals surface area contributed by atoms with Gasteiger partial charge in [0.2, 0.25) is 0 Å². The van der Waals surface area contributed by atoms with Gasteiger partial charge in [0.25, 0.3) is 5.91 Å². The van der Waals surface area contributed by atoms with Crippen molar-refractivity contribution in [2.75, 3.05) is 5.32 Å². The molecule has 0 fully saturated rings. The van der Waals surface area contributed by atoms with Gasteiger partial charge in [0, 0.05) is 28.1 Å². The predicted molar refractivity (Wildman–Crippen MR) is 114 cm³/mol. The predicted octanol–water partition coefficient (Wildman–Crippen LogP) is 6.12. The average molecular weight is 444 g/mol. The largest absolute Gasteiger partial charge is 0.506 e. The molecule has 0 saturated carbocycles. The van der Waals surface area contributed by atoms with Crippen molar-refractivity contribution in [2.24, 2.45) is 4.99 Å². The first-order valence-electron chi connectivity index (χ1n) is 8.13. The van der Waals surface area contributed by atoms with Gasteiger partial charge in [-0.05, 0) is 70.9 Å². The number of aromatic hydroxyl groups is 1. The van der Waals surface area contributed by atoms with Gasteiger partial charge in [-0.3, -0.25) is 9.79 Å². The molecule has 0 unspecified atom stereocenters. The number of anilines is 1. The van der Waals surface area contributed by atoms with Crippen LogP contribution in [0.3, 0.4) is 0 Å². The molecular weight excluding hydrogens is 428 g/mol. The van der Waals surface area contributed by atoms with Crippen molar-refractivity contribution in [1.82, 2.24) is 0 Å². The van der Waals surface area contributed by atoms with E-state index in [1.165, 1.54) is 0 Å². The molecule has 1 amide bonds. The summed E-state index contributed by atoms with van der Waals surface area (Å²) in [6.07, 6.45) is 1.54. The van der Waals surface area contributed by atoms with E-state index < -0.39 is 0 Å². The van der Waals surface area contributed by atoms with Crippen LogP contribution in [0.15, 0.2) is 70.1 Å². The molecule has 0 aliphatic heterocycles.